The number of halogens is 1. The number of hydrogen-bond acceptors (Lipinski definition) is 8. The van der Waals surface area contributed by atoms with Gasteiger partial charge in [0.2, 0.25) is 11.8 Å². The smallest absolute Gasteiger partial charge is 0.338 e. The van der Waals surface area contributed by atoms with Crippen LogP contribution in [0, 0.1) is 5.92 Å². The van der Waals surface area contributed by atoms with Gasteiger partial charge >= 0.3 is 10.8 Å². The average Bonchev–Trinajstić information content (AvgIpc) is 3.47. The van der Waals surface area contributed by atoms with Gasteiger partial charge in [0.1, 0.15) is 17.6 Å². The predicted molar refractivity (Wildman–Crippen MR) is 157 cm³/mol. The molecule has 208 valence electrons. The van der Waals surface area contributed by atoms with Crippen molar-refractivity contribution in [3.63, 3.8) is 0 Å². The lowest BCUT2D eigenvalue weighted by atomic mass is 9.83. The summed E-state index contributed by atoms with van der Waals surface area (Å²) < 4.78 is 11.0. The number of H-pyrrole nitrogens is 1. The minimum absolute atomic E-state index is 0.235. The van der Waals surface area contributed by atoms with Crippen molar-refractivity contribution in [3.8, 4) is 5.75 Å². The summed E-state index contributed by atoms with van der Waals surface area (Å²) in [4.78, 5) is 56.5. The average molecular weight is 607 g/mol. The number of carbonyl (C=O) groups is 3. The highest BCUT2D eigenvalue weighted by molar-refractivity contribution is 8.00. The molecule has 0 saturated carbocycles. The fourth-order valence-electron chi connectivity index (χ4n) is 5.11. The van der Waals surface area contributed by atoms with E-state index in [2.05, 4.69) is 4.98 Å². The molecule has 0 spiro atoms. The van der Waals surface area contributed by atoms with Gasteiger partial charge in [0, 0.05) is 15.8 Å². The van der Waals surface area contributed by atoms with E-state index in [0.29, 0.717) is 33.7 Å². The maximum atomic E-state index is 13.9. The van der Waals surface area contributed by atoms with Gasteiger partial charge in [0.05, 0.1) is 28.8 Å². The molecule has 11 heteroatoms. The van der Waals surface area contributed by atoms with Crippen molar-refractivity contribution < 1.29 is 23.9 Å². The van der Waals surface area contributed by atoms with Crippen LogP contribution in [0.3, 0.4) is 0 Å². The SMILES string of the molecule is CCOC(=O)c1ccc(N2C(=O)[C@H]3[C@H](c4ccc(OCc5ccc(Cl)cc5)cc4)c4sc(=O)[nH]c4S[C@H]3C2=O)cc1. The number of fused-ring (bicyclic) bond motifs is 2. The number of rotatable bonds is 7. The summed E-state index contributed by atoms with van der Waals surface area (Å²) in [5.74, 6) is -1.75. The summed E-state index contributed by atoms with van der Waals surface area (Å²) in [5.41, 5.74) is 2.48. The summed E-state index contributed by atoms with van der Waals surface area (Å²) in [7, 11) is 0. The molecule has 0 radical (unpaired) electrons. The van der Waals surface area contributed by atoms with Crippen LogP contribution in [-0.2, 0) is 20.9 Å². The lowest BCUT2D eigenvalue weighted by Crippen LogP contribution is -2.32. The second-order valence-corrected chi connectivity index (χ2v) is 12.1. The zero-order valence-electron chi connectivity index (χ0n) is 21.7. The molecular weight excluding hydrogens is 584 g/mol. The fraction of sp³-hybridized carbons (Fsp3) is 0.200. The molecule has 3 aromatic carbocycles. The van der Waals surface area contributed by atoms with Gasteiger partial charge in [-0.1, -0.05) is 59.0 Å². The van der Waals surface area contributed by atoms with E-state index in [1.807, 2.05) is 36.4 Å². The van der Waals surface area contributed by atoms with Crippen LogP contribution in [0.5, 0.6) is 5.75 Å². The van der Waals surface area contributed by atoms with E-state index in [0.717, 1.165) is 27.3 Å². The van der Waals surface area contributed by atoms with Gasteiger partial charge in [-0.3, -0.25) is 14.4 Å². The van der Waals surface area contributed by atoms with Gasteiger partial charge in [-0.05, 0) is 66.6 Å². The molecule has 0 unspecified atom stereocenters. The molecule has 1 fully saturated rings. The molecule has 0 bridgehead atoms. The van der Waals surface area contributed by atoms with E-state index in [1.54, 1.807) is 31.2 Å². The first-order valence-corrected chi connectivity index (χ1v) is 14.9. The van der Waals surface area contributed by atoms with E-state index < -0.39 is 23.1 Å². The number of thiazole rings is 1. The highest BCUT2D eigenvalue weighted by atomic mass is 35.5. The number of hydrogen-bond donors (Lipinski definition) is 1. The molecule has 4 aromatic rings. The van der Waals surface area contributed by atoms with Crippen molar-refractivity contribution in [3.05, 3.63) is 109 Å². The van der Waals surface area contributed by atoms with Crippen molar-refractivity contribution in [1.82, 2.24) is 4.98 Å². The van der Waals surface area contributed by atoms with Gasteiger partial charge in [-0.25, -0.2) is 9.69 Å². The highest BCUT2D eigenvalue weighted by Crippen LogP contribution is 2.53. The number of carbonyl (C=O) groups excluding carboxylic acids is 3. The van der Waals surface area contributed by atoms with E-state index in [9.17, 15) is 19.2 Å². The van der Waals surface area contributed by atoms with E-state index in [4.69, 9.17) is 21.1 Å². The number of thioether (sulfide) groups is 1. The van der Waals surface area contributed by atoms with Crippen LogP contribution in [0.25, 0.3) is 0 Å². The molecule has 1 aromatic heterocycles. The van der Waals surface area contributed by atoms with Crippen LogP contribution in [0.1, 0.15) is 39.2 Å². The summed E-state index contributed by atoms with van der Waals surface area (Å²) in [6, 6.07) is 21.0. The first kappa shape index (κ1) is 27.3. The van der Waals surface area contributed by atoms with Crippen LogP contribution in [0.2, 0.25) is 5.02 Å². The Hall–Kier alpha value is -3.86. The van der Waals surface area contributed by atoms with E-state index in [-0.39, 0.29) is 23.3 Å². The second-order valence-electron chi connectivity index (χ2n) is 9.51. The van der Waals surface area contributed by atoms with Crippen LogP contribution in [-0.4, -0.2) is 34.6 Å². The van der Waals surface area contributed by atoms with Crippen molar-refractivity contribution >= 4 is 58.2 Å². The van der Waals surface area contributed by atoms with Crippen LogP contribution < -0.4 is 14.5 Å². The third-order valence-corrected chi connectivity index (χ3v) is 9.67. The van der Waals surface area contributed by atoms with Crippen molar-refractivity contribution in [2.24, 2.45) is 5.92 Å². The monoisotopic (exact) mass is 606 g/mol. The van der Waals surface area contributed by atoms with Crippen molar-refractivity contribution in [2.45, 2.75) is 29.7 Å². The normalized spacial score (nSPS) is 19.6. The molecule has 0 aliphatic carbocycles. The molecule has 2 amide bonds. The second kappa shape index (κ2) is 11.2. The predicted octanol–water partition coefficient (Wildman–Crippen LogP) is 5.64. The van der Waals surface area contributed by atoms with Crippen LogP contribution >= 0.6 is 34.7 Å². The molecular formula is C30H23ClN2O6S2. The fourth-order valence-corrected chi connectivity index (χ4v) is 7.75. The molecule has 3 heterocycles. The summed E-state index contributed by atoms with van der Waals surface area (Å²) in [6.45, 7) is 2.33. The highest BCUT2D eigenvalue weighted by Gasteiger charge is 2.56. The number of aromatic nitrogens is 1. The minimum Gasteiger partial charge on any atom is -0.489 e. The number of nitrogens with zero attached hydrogens (tertiary/aromatic N) is 1. The number of benzene rings is 3. The van der Waals surface area contributed by atoms with Crippen LogP contribution in [0.4, 0.5) is 5.69 Å². The summed E-state index contributed by atoms with van der Waals surface area (Å²) >= 11 is 8.23. The number of amides is 2. The number of ether oxygens (including phenoxy) is 2. The largest absolute Gasteiger partial charge is 0.489 e. The molecule has 8 nitrogen and oxygen atoms in total. The minimum atomic E-state index is -0.712. The topological polar surface area (TPSA) is 106 Å². The Kier molecular flexibility index (Phi) is 7.46. The summed E-state index contributed by atoms with van der Waals surface area (Å²) in [6.07, 6.45) is 0. The molecule has 2 aliphatic heterocycles. The zero-order valence-corrected chi connectivity index (χ0v) is 24.1. The Labute approximate surface area is 248 Å². The number of imide groups is 1. The first-order chi connectivity index (χ1) is 19.8. The zero-order chi connectivity index (χ0) is 28.7. The molecule has 41 heavy (non-hydrogen) atoms. The Balaban J connectivity index is 1.29. The van der Waals surface area contributed by atoms with Crippen LogP contribution in [0.15, 0.2) is 82.6 Å². The lowest BCUT2D eigenvalue weighted by Gasteiger charge is -2.29. The number of esters is 1. The van der Waals surface area contributed by atoms with Crippen molar-refractivity contribution in [2.75, 3.05) is 11.5 Å². The number of nitrogens with one attached hydrogen (secondary N) is 1. The molecule has 3 atom stereocenters. The Bertz CT molecular complexity index is 1680. The maximum Gasteiger partial charge on any atom is 0.338 e. The Morgan fingerprint density at radius 3 is 2.34 bits per heavy atom. The standard InChI is InChI=1S/C30H23ClN2O6S2/c1-2-38-29(36)18-5-11-20(12-6-18)33-27(34)23-22(24-26(32-30(37)41-24)40-25(23)28(33)35)17-7-13-21(14-8-17)39-15-16-3-9-19(31)10-4-16/h3-14,22-23,25H,2,15H2,1H3,(H,32,37)/t22-,23-,25+/m0/s1. The lowest BCUT2D eigenvalue weighted by molar-refractivity contribution is -0.122. The first-order valence-electron chi connectivity index (χ1n) is 12.9. The number of anilines is 1. The summed E-state index contributed by atoms with van der Waals surface area (Å²) in [5, 5.41) is 0.548. The maximum absolute atomic E-state index is 13.9. The molecule has 2 aliphatic rings. The van der Waals surface area contributed by atoms with Gasteiger partial charge in [0.25, 0.3) is 0 Å². The van der Waals surface area contributed by atoms with Gasteiger partial charge in [0.15, 0.2) is 0 Å². The van der Waals surface area contributed by atoms with E-state index >= 15 is 0 Å². The quantitative estimate of drug-likeness (QED) is 0.214. The molecule has 1 saturated heterocycles. The van der Waals surface area contributed by atoms with E-state index in [1.165, 1.54) is 28.8 Å². The Morgan fingerprint density at radius 1 is 0.951 bits per heavy atom. The van der Waals surface area contributed by atoms with Gasteiger partial charge in [-0.2, -0.15) is 0 Å². The van der Waals surface area contributed by atoms with Gasteiger partial charge in [-0.15, -0.1) is 0 Å². The third-order valence-electron chi connectivity index (χ3n) is 7.02. The third kappa shape index (κ3) is 5.18. The van der Waals surface area contributed by atoms with Gasteiger partial charge < -0.3 is 14.5 Å². The van der Waals surface area contributed by atoms with Crippen molar-refractivity contribution in [1.29, 1.82) is 0 Å². The molecule has 1 N–H and O–H groups in total. The Morgan fingerprint density at radius 2 is 1.66 bits per heavy atom. The number of aromatic amines is 1. The molecule has 6 rings (SSSR count).